The first kappa shape index (κ1) is 42.2. The van der Waals surface area contributed by atoms with E-state index < -0.39 is 0 Å². The predicted molar refractivity (Wildman–Crippen MR) is 290 cm³/mol. The van der Waals surface area contributed by atoms with Crippen molar-refractivity contribution in [1.82, 2.24) is 19.9 Å². The lowest BCUT2D eigenvalue weighted by atomic mass is 9.92. The second kappa shape index (κ2) is 18.9. The summed E-state index contributed by atoms with van der Waals surface area (Å²) in [5.74, 6) is 1.80. The van der Waals surface area contributed by atoms with Crippen LogP contribution in [0.15, 0.2) is 261 Å². The number of aromatic nitrogens is 4. The lowest BCUT2D eigenvalue weighted by molar-refractivity contribution is 0.854. The van der Waals surface area contributed by atoms with E-state index >= 15 is 0 Å². The van der Waals surface area contributed by atoms with Crippen LogP contribution in [-0.2, 0) is 0 Å². The molecule has 0 saturated carbocycles. The maximum atomic E-state index is 5.17. The van der Waals surface area contributed by atoms with E-state index in [1.54, 1.807) is 0 Å². The quantitative estimate of drug-likeness (QED) is 0.137. The van der Waals surface area contributed by atoms with E-state index in [9.17, 15) is 0 Å². The Morgan fingerprint density at radius 1 is 0.286 bits per heavy atom. The van der Waals surface area contributed by atoms with Gasteiger partial charge < -0.3 is 0 Å². The van der Waals surface area contributed by atoms with E-state index in [0.717, 1.165) is 79.3 Å². The van der Waals surface area contributed by atoms with Crippen molar-refractivity contribution in [2.45, 2.75) is 12.3 Å². The third-order valence-corrected chi connectivity index (χ3v) is 13.3. The van der Waals surface area contributed by atoms with Gasteiger partial charge >= 0.3 is 0 Å². The fourth-order valence-corrected chi connectivity index (χ4v) is 9.57. The molecule has 12 rings (SSSR count). The molecular weight excluding hydrogens is 849 g/mol. The van der Waals surface area contributed by atoms with Gasteiger partial charge in [0.05, 0.1) is 22.8 Å². The summed E-state index contributed by atoms with van der Waals surface area (Å²) >= 11 is 0. The van der Waals surface area contributed by atoms with Gasteiger partial charge in [0.15, 0.2) is 11.6 Å². The molecule has 9 aromatic carbocycles. The zero-order chi connectivity index (χ0) is 46.6. The summed E-state index contributed by atoms with van der Waals surface area (Å²) in [6, 6.07) is 83.4. The minimum atomic E-state index is 0.389. The summed E-state index contributed by atoms with van der Waals surface area (Å²) in [6.45, 7) is 0. The average molecular weight is 895 g/mol. The SMILES string of the molecule is C1=CCC(c2ccc(-c3nc(-c4ccccc4)cc(-c4ccc(-c5cccc6c(-c7ccc(-c8cc(-c9ccccc9)nc(-c9ccc(-c%10ccccc%10)cc9)n8)cc7)cccc56)cc4)n3)cc2)C=C1. The maximum absolute atomic E-state index is 5.17. The number of hydrogen-bond donors (Lipinski definition) is 0. The Kier molecular flexibility index (Phi) is 11.4. The molecule has 0 aliphatic heterocycles. The zero-order valence-corrected chi connectivity index (χ0v) is 38.4. The van der Waals surface area contributed by atoms with Gasteiger partial charge in [0, 0.05) is 39.3 Å². The highest BCUT2D eigenvalue weighted by Crippen LogP contribution is 2.38. The molecule has 70 heavy (non-hydrogen) atoms. The summed E-state index contributed by atoms with van der Waals surface area (Å²) in [5.41, 5.74) is 18.0. The fourth-order valence-electron chi connectivity index (χ4n) is 9.57. The minimum Gasteiger partial charge on any atom is -0.228 e. The second-order valence-corrected chi connectivity index (χ2v) is 17.7. The number of hydrogen-bond acceptors (Lipinski definition) is 4. The van der Waals surface area contributed by atoms with Gasteiger partial charge in [-0.25, -0.2) is 19.9 Å². The van der Waals surface area contributed by atoms with Gasteiger partial charge in [-0.2, -0.15) is 0 Å². The molecule has 0 spiro atoms. The van der Waals surface area contributed by atoms with E-state index in [2.05, 4.69) is 243 Å². The zero-order valence-electron chi connectivity index (χ0n) is 38.4. The van der Waals surface area contributed by atoms with Crippen molar-refractivity contribution in [1.29, 1.82) is 0 Å². The number of rotatable bonds is 10. The van der Waals surface area contributed by atoms with Gasteiger partial charge in [0.25, 0.3) is 0 Å². The van der Waals surface area contributed by atoms with Crippen molar-refractivity contribution in [3.05, 3.63) is 266 Å². The van der Waals surface area contributed by atoms with Gasteiger partial charge in [0.1, 0.15) is 0 Å². The molecule has 1 unspecified atom stereocenters. The van der Waals surface area contributed by atoms with Crippen LogP contribution in [0.25, 0.3) is 112 Å². The van der Waals surface area contributed by atoms with Crippen LogP contribution >= 0.6 is 0 Å². The number of nitrogens with zero attached hydrogens (tertiary/aromatic N) is 4. The molecule has 1 aliphatic carbocycles. The topological polar surface area (TPSA) is 51.6 Å². The lowest BCUT2D eigenvalue weighted by Crippen LogP contribution is -1.98. The van der Waals surface area contributed by atoms with E-state index in [1.165, 1.54) is 33.0 Å². The van der Waals surface area contributed by atoms with Crippen LogP contribution in [0.2, 0.25) is 0 Å². The van der Waals surface area contributed by atoms with Crippen LogP contribution in [-0.4, -0.2) is 19.9 Å². The fraction of sp³-hybridized carbons (Fsp3) is 0.0303. The Bertz CT molecular complexity index is 3680. The van der Waals surface area contributed by atoms with E-state index in [4.69, 9.17) is 19.9 Å². The van der Waals surface area contributed by atoms with Gasteiger partial charge in [0.2, 0.25) is 0 Å². The molecule has 4 nitrogen and oxygen atoms in total. The van der Waals surface area contributed by atoms with Gasteiger partial charge in [-0.15, -0.1) is 0 Å². The molecule has 1 aliphatic rings. The van der Waals surface area contributed by atoms with Crippen LogP contribution in [0, 0.1) is 0 Å². The Morgan fingerprint density at radius 2 is 0.643 bits per heavy atom. The molecule has 330 valence electrons. The first-order chi connectivity index (χ1) is 34.7. The van der Waals surface area contributed by atoms with E-state index in [1.807, 2.05) is 18.2 Å². The van der Waals surface area contributed by atoms with Crippen molar-refractivity contribution in [2.24, 2.45) is 0 Å². The summed E-state index contributed by atoms with van der Waals surface area (Å²) in [6.07, 6.45) is 9.76. The molecule has 1 atom stereocenters. The standard InChI is InChI=1S/C66H46N4/c1-5-15-45(16-6-1)47-27-39-55(40-28-47)65-67-61(51-19-9-3-10-20-51)43-63(69-65)53-35-31-49(32-36-53)57-23-13-26-60-58(24-14-25-59(57)60)50-33-37-54(38-34-50)64-44-62(52-21-11-4-12-22-52)68-66(70-64)56-41-29-48(30-42-56)46-17-7-2-8-18-46/h1-17,19-44,46H,18H2. The highest BCUT2D eigenvalue weighted by Gasteiger charge is 2.16. The Morgan fingerprint density at radius 3 is 1.07 bits per heavy atom. The Hall–Kier alpha value is -9.12. The van der Waals surface area contributed by atoms with E-state index in [-0.39, 0.29) is 0 Å². The van der Waals surface area contributed by atoms with Gasteiger partial charge in [-0.05, 0) is 68.3 Å². The van der Waals surface area contributed by atoms with Gasteiger partial charge in [-0.3, -0.25) is 0 Å². The Balaban J connectivity index is 0.846. The van der Waals surface area contributed by atoms with Gasteiger partial charge in [-0.1, -0.05) is 249 Å². The molecule has 0 fully saturated rings. The highest BCUT2D eigenvalue weighted by atomic mass is 14.9. The van der Waals surface area contributed by atoms with Crippen molar-refractivity contribution >= 4 is 10.8 Å². The second-order valence-electron chi connectivity index (χ2n) is 17.7. The van der Waals surface area contributed by atoms with Crippen molar-refractivity contribution < 1.29 is 0 Å². The predicted octanol–water partition coefficient (Wildman–Crippen LogP) is 17.0. The Labute approximate surface area is 408 Å². The lowest BCUT2D eigenvalue weighted by Gasteiger charge is -2.14. The largest absolute Gasteiger partial charge is 0.228 e. The monoisotopic (exact) mass is 894 g/mol. The third kappa shape index (κ3) is 8.66. The number of allylic oxidation sites excluding steroid dienone is 4. The first-order valence-corrected chi connectivity index (χ1v) is 23.9. The number of benzene rings is 9. The molecule has 0 N–H and O–H groups in total. The average Bonchev–Trinajstić information content (AvgIpc) is 3.45. The smallest absolute Gasteiger partial charge is 0.160 e. The van der Waals surface area contributed by atoms with Crippen LogP contribution in [0.1, 0.15) is 17.9 Å². The van der Waals surface area contributed by atoms with Crippen molar-refractivity contribution in [3.63, 3.8) is 0 Å². The molecule has 4 heteroatoms. The third-order valence-electron chi connectivity index (χ3n) is 13.3. The summed E-state index contributed by atoms with van der Waals surface area (Å²) in [5, 5.41) is 2.39. The molecular formula is C66H46N4. The molecule has 2 aromatic heterocycles. The normalized spacial score (nSPS) is 13.1. The minimum absolute atomic E-state index is 0.389. The van der Waals surface area contributed by atoms with E-state index in [0.29, 0.717) is 17.6 Å². The molecule has 0 saturated heterocycles. The summed E-state index contributed by atoms with van der Waals surface area (Å²) in [7, 11) is 0. The maximum Gasteiger partial charge on any atom is 0.160 e. The van der Waals surface area contributed by atoms with Crippen LogP contribution < -0.4 is 0 Å². The van der Waals surface area contributed by atoms with Crippen LogP contribution in [0.3, 0.4) is 0 Å². The van der Waals surface area contributed by atoms with Crippen LogP contribution in [0.4, 0.5) is 0 Å². The molecule has 0 amide bonds. The highest BCUT2D eigenvalue weighted by molar-refractivity contribution is 6.04. The molecule has 2 heterocycles. The summed E-state index contributed by atoms with van der Waals surface area (Å²) in [4.78, 5) is 20.5. The first-order valence-electron chi connectivity index (χ1n) is 23.9. The molecule has 0 radical (unpaired) electrons. The summed E-state index contributed by atoms with van der Waals surface area (Å²) < 4.78 is 0. The van der Waals surface area contributed by atoms with Crippen molar-refractivity contribution in [2.75, 3.05) is 0 Å². The van der Waals surface area contributed by atoms with Crippen LogP contribution in [0.5, 0.6) is 0 Å². The number of fused-ring (bicyclic) bond motifs is 1. The molecule has 0 bridgehead atoms. The molecule has 11 aromatic rings. The van der Waals surface area contributed by atoms with Crippen molar-refractivity contribution in [3.8, 4) is 101 Å².